The van der Waals surface area contributed by atoms with Crippen molar-refractivity contribution in [1.82, 2.24) is 4.90 Å². The second-order valence-corrected chi connectivity index (χ2v) is 7.62. The molecule has 0 atom stereocenters. The van der Waals surface area contributed by atoms with E-state index in [0.717, 1.165) is 5.56 Å². The number of ether oxygens (including phenoxy) is 3. The van der Waals surface area contributed by atoms with E-state index in [1.54, 1.807) is 56.7 Å². The first-order valence-electron chi connectivity index (χ1n) is 10.9. The molecule has 0 aliphatic carbocycles. The van der Waals surface area contributed by atoms with Gasteiger partial charge in [0.15, 0.2) is 0 Å². The Morgan fingerprint density at radius 3 is 2.03 bits per heavy atom. The minimum atomic E-state index is -0.403. The Morgan fingerprint density at radius 2 is 1.44 bits per heavy atom. The normalized spacial score (nSPS) is 13.3. The van der Waals surface area contributed by atoms with Crippen molar-refractivity contribution in [3.63, 3.8) is 0 Å². The molecule has 0 fully saturated rings. The van der Waals surface area contributed by atoms with Crippen LogP contribution in [-0.2, 0) is 16.1 Å². The molecule has 0 unspecified atom stereocenters. The van der Waals surface area contributed by atoms with Crippen molar-refractivity contribution >= 4 is 23.1 Å². The van der Waals surface area contributed by atoms with Crippen molar-refractivity contribution in [2.24, 2.45) is 0 Å². The zero-order chi connectivity index (χ0) is 24.1. The molecule has 0 saturated carbocycles. The lowest BCUT2D eigenvalue weighted by Gasteiger charge is -2.16. The summed E-state index contributed by atoms with van der Waals surface area (Å²) in [5.74, 6) is 1.04. The summed E-state index contributed by atoms with van der Waals surface area (Å²) in [5, 5.41) is 3.15. The van der Waals surface area contributed by atoms with Gasteiger partial charge in [0, 0.05) is 23.9 Å². The van der Waals surface area contributed by atoms with Crippen molar-refractivity contribution in [1.29, 1.82) is 0 Å². The van der Waals surface area contributed by atoms with Crippen LogP contribution in [-0.4, -0.2) is 37.5 Å². The number of hydrogen-bond donors (Lipinski definition) is 1. The van der Waals surface area contributed by atoms with Gasteiger partial charge in [-0.3, -0.25) is 14.5 Å². The first kappa shape index (κ1) is 22.9. The topological polar surface area (TPSA) is 77.1 Å². The van der Waals surface area contributed by atoms with Crippen LogP contribution in [0.2, 0.25) is 0 Å². The molecule has 1 aliphatic rings. The molecule has 174 valence electrons. The fourth-order valence-corrected chi connectivity index (χ4v) is 3.78. The van der Waals surface area contributed by atoms with Gasteiger partial charge in [0.05, 0.1) is 32.9 Å². The first-order chi connectivity index (χ1) is 16.5. The third kappa shape index (κ3) is 4.73. The highest BCUT2D eigenvalue weighted by Gasteiger charge is 2.39. The number of methoxy groups -OCH3 is 2. The summed E-state index contributed by atoms with van der Waals surface area (Å²) >= 11 is 0. The number of carbonyl (C=O) groups is 2. The Kier molecular flexibility index (Phi) is 6.82. The van der Waals surface area contributed by atoms with E-state index in [2.05, 4.69) is 5.32 Å². The summed E-state index contributed by atoms with van der Waals surface area (Å²) in [6, 6.07) is 21.8. The number of carbonyl (C=O) groups excluding carboxylic acids is 2. The molecule has 3 aromatic rings. The Balaban J connectivity index is 1.75. The third-order valence-corrected chi connectivity index (χ3v) is 5.43. The van der Waals surface area contributed by atoms with Crippen LogP contribution in [0.25, 0.3) is 5.57 Å². The van der Waals surface area contributed by atoms with Gasteiger partial charge in [-0.25, -0.2) is 0 Å². The first-order valence-corrected chi connectivity index (χ1v) is 10.9. The average molecular weight is 459 g/mol. The predicted molar refractivity (Wildman–Crippen MR) is 130 cm³/mol. The number of nitrogens with one attached hydrogen (secondary N) is 1. The highest BCUT2D eigenvalue weighted by atomic mass is 16.5. The second kappa shape index (κ2) is 10.1. The number of benzene rings is 3. The summed E-state index contributed by atoms with van der Waals surface area (Å²) in [6.45, 7) is 2.61. The zero-order valence-corrected chi connectivity index (χ0v) is 19.3. The molecule has 0 bridgehead atoms. The molecule has 7 heteroatoms. The molecule has 34 heavy (non-hydrogen) atoms. The van der Waals surface area contributed by atoms with Gasteiger partial charge in [-0.05, 0) is 30.2 Å². The standard InChI is InChI=1S/C27H26N2O5/c1-4-34-21-12-10-19(11-13-21)24-25(28-20-14-22(32-2)16-23(15-20)33-3)27(31)29(26(24)30)17-18-8-6-5-7-9-18/h5-16,28H,4,17H2,1-3H3. The van der Waals surface area contributed by atoms with E-state index in [-0.39, 0.29) is 18.1 Å². The van der Waals surface area contributed by atoms with Gasteiger partial charge in [0.2, 0.25) is 0 Å². The Hall–Kier alpha value is -4.26. The van der Waals surface area contributed by atoms with E-state index in [1.165, 1.54) is 4.90 Å². The summed E-state index contributed by atoms with van der Waals surface area (Å²) < 4.78 is 16.2. The largest absolute Gasteiger partial charge is 0.497 e. The number of hydrogen-bond acceptors (Lipinski definition) is 6. The van der Waals surface area contributed by atoms with Gasteiger partial charge >= 0.3 is 0 Å². The highest BCUT2D eigenvalue weighted by molar-refractivity contribution is 6.36. The van der Waals surface area contributed by atoms with Crippen LogP contribution in [0.3, 0.4) is 0 Å². The lowest BCUT2D eigenvalue weighted by molar-refractivity contribution is -0.137. The number of amides is 2. The lowest BCUT2D eigenvalue weighted by atomic mass is 10.0. The molecule has 4 rings (SSSR count). The van der Waals surface area contributed by atoms with Crippen LogP contribution >= 0.6 is 0 Å². The van der Waals surface area contributed by atoms with Gasteiger partial charge in [0.1, 0.15) is 22.9 Å². The second-order valence-electron chi connectivity index (χ2n) is 7.62. The molecule has 1 heterocycles. The summed E-state index contributed by atoms with van der Waals surface area (Å²) in [4.78, 5) is 28.2. The van der Waals surface area contributed by atoms with E-state index < -0.39 is 5.91 Å². The van der Waals surface area contributed by atoms with Crippen molar-refractivity contribution in [2.75, 3.05) is 26.1 Å². The molecule has 1 N–H and O–H groups in total. The molecular formula is C27H26N2O5. The molecule has 0 radical (unpaired) electrons. The zero-order valence-electron chi connectivity index (χ0n) is 19.3. The van der Waals surface area contributed by atoms with Crippen LogP contribution in [0, 0.1) is 0 Å². The van der Waals surface area contributed by atoms with Crippen molar-refractivity contribution in [3.8, 4) is 17.2 Å². The smallest absolute Gasteiger partial charge is 0.278 e. The van der Waals surface area contributed by atoms with E-state index in [0.29, 0.717) is 40.7 Å². The fourth-order valence-electron chi connectivity index (χ4n) is 3.78. The van der Waals surface area contributed by atoms with Crippen LogP contribution in [0.5, 0.6) is 17.2 Å². The van der Waals surface area contributed by atoms with Crippen molar-refractivity contribution in [2.45, 2.75) is 13.5 Å². The van der Waals surface area contributed by atoms with E-state index >= 15 is 0 Å². The van der Waals surface area contributed by atoms with Crippen LogP contribution in [0.4, 0.5) is 5.69 Å². The van der Waals surface area contributed by atoms with E-state index in [1.807, 2.05) is 37.3 Å². The predicted octanol–water partition coefficient (Wildman–Crippen LogP) is 4.49. The van der Waals surface area contributed by atoms with Gasteiger partial charge in [-0.15, -0.1) is 0 Å². The van der Waals surface area contributed by atoms with E-state index in [4.69, 9.17) is 14.2 Å². The lowest BCUT2D eigenvalue weighted by Crippen LogP contribution is -2.31. The minimum Gasteiger partial charge on any atom is -0.497 e. The van der Waals surface area contributed by atoms with Crippen molar-refractivity contribution in [3.05, 3.63) is 89.6 Å². The Labute approximate surface area is 198 Å². The molecule has 3 aromatic carbocycles. The maximum absolute atomic E-state index is 13.5. The van der Waals surface area contributed by atoms with Crippen molar-refractivity contribution < 1.29 is 23.8 Å². The molecular weight excluding hydrogens is 432 g/mol. The fraction of sp³-hybridized carbons (Fsp3) is 0.185. The van der Waals surface area contributed by atoms with E-state index in [9.17, 15) is 9.59 Å². The monoisotopic (exact) mass is 458 g/mol. The Morgan fingerprint density at radius 1 is 0.794 bits per heavy atom. The van der Waals surface area contributed by atoms with Crippen LogP contribution in [0.15, 0.2) is 78.5 Å². The number of rotatable bonds is 9. The Bertz CT molecular complexity index is 1200. The quantitative estimate of drug-likeness (QED) is 0.476. The summed E-state index contributed by atoms with van der Waals surface area (Å²) in [5.41, 5.74) is 2.54. The van der Waals surface area contributed by atoms with Gasteiger partial charge in [-0.1, -0.05) is 42.5 Å². The minimum absolute atomic E-state index is 0.172. The van der Waals surface area contributed by atoms with Gasteiger partial charge in [0.25, 0.3) is 11.8 Å². The van der Waals surface area contributed by atoms with Crippen LogP contribution < -0.4 is 19.5 Å². The maximum Gasteiger partial charge on any atom is 0.278 e. The van der Waals surface area contributed by atoms with Gasteiger partial charge in [-0.2, -0.15) is 0 Å². The third-order valence-electron chi connectivity index (χ3n) is 5.43. The highest BCUT2D eigenvalue weighted by Crippen LogP contribution is 2.34. The summed E-state index contributed by atoms with van der Waals surface area (Å²) in [6.07, 6.45) is 0. The number of nitrogens with zero attached hydrogens (tertiary/aromatic N) is 1. The molecule has 0 spiro atoms. The molecule has 1 aliphatic heterocycles. The molecule has 2 amide bonds. The van der Waals surface area contributed by atoms with Gasteiger partial charge < -0.3 is 19.5 Å². The average Bonchev–Trinajstić information content (AvgIpc) is 3.09. The molecule has 7 nitrogen and oxygen atoms in total. The SMILES string of the molecule is CCOc1ccc(C2=C(Nc3cc(OC)cc(OC)c3)C(=O)N(Cc3ccccc3)C2=O)cc1. The van der Waals surface area contributed by atoms with Crippen LogP contribution in [0.1, 0.15) is 18.1 Å². The maximum atomic E-state index is 13.5. The molecule has 0 aromatic heterocycles. The number of imide groups is 1. The summed E-state index contributed by atoms with van der Waals surface area (Å²) in [7, 11) is 3.10. The number of anilines is 1. The molecule has 0 saturated heterocycles.